The van der Waals surface area contributed by atoms with Crippen LogP contribution in [0.1, 0.15) is 44.1 Å². The second-order valence-electron chi connectivity index (χ2n) is 17.9. The van der Waals surface area contributed by atoms with E-state index in [0.29, 0.717) is 5.92 Å². The highest BCUT2D eigenvalue weighted by Crippen LogP contribution is 2.41. The number of aromatic nitrogens is 2. The third kappa shape index (κ3) is 7.07. The van der Waals surface area contributed by atoms with Gasteiger partial charge in [0.15, 0.2) is 0 Å². The molecule has 0 aliphatic heterocycles. The molecule has 0 spiro atoms. The molecular weight excluding hydrogens is 797 g/mol. The summed E-state index contributed by atoms with van der Waals surface area (Å²) in [5, 5.41) is 5.00. The van der Waals surface area contributed by atoms with Crippen molar-refractivity contribution in [3.8, 4) is 55.9 Å². The molecule has 0 bridgehead atoms. The lowest BCUT2D eigenvalue weighted by Gasteiger charge is -2.18. The summed E-state index contributed by atoms with van der Waals surface area (Å²) in [6, 6.07) is 78.4. The van der Waals surface area contributed by atoms with Gasteiger partial charge in [0.1, 0.15) is 0 Å². The zero-order chi connectivity index (χ0) is 44.0. The Kier molecular flexibility index (Phi) is 10.1. The number of fused-ring (bicyclic) bond motifs is 6. The molecule has 11 aromatic rings. The molecule has 2 heterocycles. The van der Waals surface area contributed by atoms with E-state index in [0.717, 1.165) is 12.1 Å². The molecule has 2 nitrogen and oxygen atoms in total. The highest BCUT2D eigenvalue weighted by Gasteiger charge is 2.19. The molecule has 2 heteroatoms. The molecule has 66 heavy (non-hydrogen) atoms. The minimum atomic E-state index is 0.428. The van der Waals surface area contributed by atoms with E-state index < -0.39 is 0 Å². The Morgan fingerprint density at radius 3 is 1.65 bits per heavy atom. The summed E-state index contributed by atoms with van der Waals surface area (Å²) in [5.74, 6) is 0.428. The highest BCUT2D eigenvalue weighted by atomic mass is 15.0. The molecule has 0 saturated carbocycles. The van der Waals surface area contributed by atoms with Gasteiger partial charge in [-0.2, -0.15) is 0 Å². The third-order valence-electron chi connectivity index (χ3n) is 13.9. The predicted molar refractivity (Wildman–Crippen MR) is 281 cm³/mol. The molecule has 0 saturated heterocycles. The molecule has 2 aromatic heterocycles. The SMILES string of the molecule is CCCCC1=CCC(c2cccc(-c3ccc(-n4c5ccccc5c5cc(-c6ccc7c(c6)c6ccccc6n7-c6ccccc6-c6ccc(-c7ccccc7)cc6)ccc54)cc3)c2)C=C1. The van der Waals surface area contributed by atoms with Crippen molar-refractivity contribution < 1.29 is 0 Å². The first-order valence-corrected chi connectivity index (χ1v) is 23.6. The smallest absolute Gasteiger partial charge is 0.0541 e. The van der Waals surface area contributed by atoms with Gasteiger partial charge >= 0.3 is 0 Å². The number of unbranched alkanes of at least 4 members (excludes halogenated alkanes) is 1. The van der Waals surface area contributed by atoms with Gasteiger partial charge in [-0.15, -0.1) is 0 Å². The van der Waals surface area contributed by atoms with Crippen LogP contribution < -0.4 is 0 Å². The van der Waals surface area contributed by atoms with Crippen molar-refractivity contribution in [2.24, 2.45) is 0 Å². The first kappa shape index (κ1) is 39.6. The fraction of sp³-hybridized carbons (Fsp3) is 0.0938. The Morgan fingerprint density at radius 1 is 0.424 bits per heavy atom. The fourth-order valence-electron chi connectivity index (χ4n) is 10.5. The topological polar surface area (TPSA) is 9.86 Å². The van der Waals surface area contributed by atoms with Gasteiger partial charge < -0.3 is 9.13 Å². The van der Waals surface area contributed by atoms with Gasteiger partial charge in [-0.05, 0) is 118 Å². The van der Waals surface area contributed by atoms with Crippen molar-refractivity contribution in [2.45, 2.75) is 38.5 Å². The second-order valence-corrected chi connectivity index (χ2v) is 17.9. The number of allylic oxidation sites excluding steroid dienone is 4. The number of rotatable bonds is 10. The first-order chi connectivity index (χ1) is 32.7. The van der Waals surface area contributed by atoms with Crippen molar-refractivity contribution in [3.05, 3.63) is 242 Å². The van der Waals surface area contributed by atoms with E-state index in [1.54, 1.807) is 0 Å². The standard InChI is InChI=1S/C64H50N2/c1-2-3-14-44-25-27-47(28-26-44)50-17-13-18-51(41-50)48-33-37-54(38-34-48)65-61-23-11-8-20-56(61)58-42-52(35-39-63(58)65)53-36-40-64-59(43-53)57-21-9-12-24-62(57)66(64)60-22-10-7-19-55(60)49-31-29-46(30-32-49)45-15-5-4-6-16-45/h4-13,15-27,29-43,47H,2-3,14,28H2,1H3. The summed E-state index contributed by atoms with van der Waals surface area (Å²) in [7, 11) is 0. The lowest BCUT2D eigenvalue weighted by atomic mass is 9.87. The number of nitrogens with zero attached hydrogens (tertiary/aromatic N) is 2. The Morgan fingerprint density at radius 2 is 0.955 bits per heavy atom. The number of hydrogen-bond acceptors (Lipinski definition) is 0. The average Bonchev–Trinajstić information content (AvgIpc) is 3.91. The normalized spacial score (nSPS) is 13.8. The van der Waals surface area contributed by atoms with Crippen molar-refractivity contribution >= 4 is 43.6 Å². The summed E-state index contributed by atoms with van der Waals surface area (Å²) >= 11 is 0. The summed E-state index contributed by atoms with van der Waals surface area (Å²) in [5.41, 5.74) is 19.8. The molecule has 0 radical (unpaired) electrons. The molecule has 12 rings (SSSR count). The second kappa shape index (κ2) is 16.9. The molecule has 0 fully saturated rings. The largest absolute Gasteiger partial charge is 0.309 e. The van der Waals surface area contributed by atoms with Gasteiger partial charge in [-0.25, -0.2) is 0 Å². The highest BCUT2D eigenvalue weighted by molar-refractivity contribution is 6.13. The molecule has 0 amide bonds. The number of benzene rings is 9. The van der Waals surface area contributed by atoms with E-state index in [9.17, 15) is 0 Å². The number of para-hydroxylation sites is 3. The molecular formula is C64H50N2. The molecule has 1 atom stereocenters. The van der Waals surface area contributed by atoms with Crippen LogP contribution in [0.4, 0.5) is 0 Å². The minimum absolute atomic E-state index is 0.428. The minimum Gasteiger partial charge on any atom is -0.309 e. The van der Waals surface area contributed by atoms with Crippen LogP contribution in [0.5, 0.6) is 0 Å². The van der Waals surface area contributed by atoms with Crippen LogP contribution in [0.2, 0.25) is 0 Å². The van der Waals surface area contributed by atoms with Crippen LogP contribution in [0.15, 0.2) is 236 Å². The molecule has 1 aliphatic carbocycles. The Labute approximate surface area is 387 Å². The average molecular weight is 847 g/mol. The van der Waals surface area contributed by atoms with E-state index in [1.807, 2.05) is 0 Å². The quantitative estimate of drug-likeness (QED) is 0.130. The Balaban J connectivity index is 0.885. The van der Waals surface area contributed by atoms with Crippen molar-refractivity contribution in [1.29, 1.82) is 0 Å². The maximum Gasteiger partial charge on any atom is 0.0541 e. The van der Waals surface area contributed by atoms with Gasteiger partial charge in [-0.1, -0.05) is 195 Å². The summed E-state index contributed by atoms with van der Waals surface area (Å²) in [4.78, 5) is 0. The summed E-state index contributed by atoms with van der Waals surface area (Å²) < 4.78 is 4.87. The van der Waals surface area contributed by atoms with Crippen LogP contribution in [0.3, 0.4) is 0 Å². The maximum absolute atomic E-state index is 2.45. The third-order valence-corrected chi connectivity index (χ3v) is 13.9. The molecule has 1 aliphatic rings. The fourth-order valence-corrected chi connectivity index (χ4v) is 10.5. The van der Waals surface area contributed by atoms with Gasteiger partial charge in [0.2, 0.25) is 0 Å². The lowest BCUT2D eigenvalue weighted by molar-refractivity contribution is 0.773. The molecule has 316 valence electrons. The zero-order valence-electron chi connectivity index (χ0n) is 37.2. The van der Waals surface area contributed by atoms with Gasteiger partial charge in [0.25, 0.3) is 0 Å². The van der Waals surface area contributed by atoms with Crippen LogP contribution in [0.25, 0.3) is 99.5 Å². The van der Waals surface area contributed by atoms with Gasteiger partial charge in [0.05, 0.1) is 27.8 Å². The predicted octanol–water partition coefficient (Wildman–Crippen LogP) is 17.7. The van der Waals surface area contributed by atoms with Crippen molar-refractivity contribution in [3.63, 3.8) is 0 Å². The molecule has 1 unspecified atom stereocenters. The van der Waals surface area contributed by atoms with Crippen molar-refractivity contribution in [2.75, 3.05) is 0 Å². The monoisotopic (exact) mass is 846 g/mol. The van der Waals surface area contributed by atoms with E-state index in [1.165, 1.54) is 124 Å². The van der Waals surface area contributed by atoms with Crippen molar-refractivity contribution in [1.82, 2.24) is 9.13 Å². The van der Waals surface area contributed by atoms with E-state index in [2.05, 4.69) is 247 Å². The van der Waals surface area contributed by atoms with E-state index >= 15 is 0 Å². The summed E-state index contributed by atoms with van der Waals surface area (Å²) in [6.07, 6.45) is 12.0. The van der Waals surface area contributed by atoms with Gasteiger partial charge in [-0.3, -0.25) is 0 Å². The maximum atomic E-state index is 2.45. The van der Waals surface area contributed by atoms with Crippen LogP contribution in [-0.2, 0) is 0 Å². The molecule has 9 aromatic carbocycles. The first-order valence-electron chi connectivity index (χ1n) is 23.6. The molecule has 0 N–H and O–H groups in total. The lowest BCUT2D eigenvalue weighted by Crippen LogP contribution is -1.99. The zero-order valence-corrected chi connectivity index (χ0v) is 37.2. The Bertz CT molecular complexity index is 3630. The van der Waals surface area contributed by atoms with Crippen LogP contribution in [0, 0.1) is 0 Å². The van der Waals surface area contributed by atoms with E-state index in [4.69, 9.17) is 0 Å². The van der Waals surface area contributed by atoms with E-state index in [-0.39, 0.29) is 0 Å². The summed E-state index contributed by atoms with van der Waals surface area (Å²) in [6.45, 7) is 2.27. The Hall–Kier alpha value is -7.94. The van der Waals surface area contributed by atoms with Crippen LogP contribution >= 0.6 is 0 Å². The van der Waals surface area contributed by atoms with Crippen LogP contribution in [-0.4, -0.2) is 9.13 Å². The van der Waals surface area contributed by atoms with Gasteiger partial charge in [0, 0.05) is 38.7 Å². The number of hydrogen-bond donors (Lipinski definition) is 0.